The van der Waals surface area contributed by atoms with E-state index in [4.69, 9.17) is 0 Å². The minimum Gasteiger partial charge on any atom is -0.351 e. The molecule has 2 saturated heterocycles. The monoisotopic (exact) mass is 224 g/mol. The maximum atomic E-state index is 11.4. The van der Waals surface area contributed by atoms with Crippen LogP contribution in [0.15, 0.2) is 0 Å². The number of carbonyl (C=O) groups is 1. The van der Waals surface area contributed by atoms with Crippen LogP contribution in [0, 0.1) is 5.92 Å². The van der Waals surface area contributed by atoms with E-state index in [1.165, 1.54) is 25.9 Å². The van der Waals surface area contributed by atoms with Gasteiger partial charge in [0.1, 0.15) is 0 Å². The molecule has 0 aromatic carbocycles. The van der Waals surface area contributed by atoms with Crippen molar-refractivity contribution in [2.24, 2.45) is 5.92 Å². The van der Waals surface area contributed by atoms with Crippen LogP contribution in [0.1, 0.15) is 46.0 Å². The molecule has 1 amide bonds. The lowest BCUT2D eigenvalue weighted by Gasteiger charge is -2.28. The van der Waals surface area contributed by atoms with Gasteiger partial charge in [-0.25, -0.2) is 0 Å². The average molecular weight is 224 g/mol. The van der Waals surface area contributed by atoms with Crippen LogP contribution in [0.25, 0.3) is 0 Å². The van der Waals surface area contributed by atoms with E-state index in [0.29, 0.717) is 0 Å². The molecule has 3 heteroatoms. The van der Waals surface area contributed by atoms with Crippen LogP contribution >= 0.6 is 0 Å². The van der Waals surface area contributed by atoms with Gasteiger partial charge >= 0.3 is 0 Å². The second-order valence-electron chi connectivity index (χ2n) is 5.88. The molecule has 1 atom stereocenters. The van der Waals surface area contributed by atoms with E-state index in [-0.39, 0.29) is 11.4 Å². The van der Waals surface area contributed by atoms with E-state index in [1.807, 2.05) is 0 Å². The molecule has 0 aliphatic carbocycles. The molecular weight excluding hydrogens is 200 g/mol. The second-order valence-corrected chi connectivity index (χ2v) is 5.88. The quantitative estimate of drug-likeness (QED) is 0.775. The minimum absolute atomic E-state index is 0.156. The first kappa shape index (κ1) is 11.9. The van der Waals surface area contributed by atoms with Crippen LogP contribution in [0.5, 0.6) is 0 Å². The summed E-state index contributed by atoms with van der Waals surface area (Å²) in [6.45, 7) is 8.11. The molecular formula is C13H24N2O. The third kappa shape index (κ3) is 2.76. The van der Waals surface area contributed by atoms with Gasteiger partial charge in [0.15, 0.2) is 0 Å². The number of hydrogen-bond donors (Lipinski definition) is 1. The van der Waals surface area contributed by atoms with Gasteiger partial charge in [-0.2, -0.15) is 0 Å². The number of carbonyl (C=O) groups excluding carboxylic acids is 1. The number of nitrogens with one attached hydrogen (secondary N) is 1. The highest BCUT2D eigenvalue weighted by Gasteiger charge is 2.38. The first-order chi connectivity index (χ1) is 7.60. The lowest BCUT2D eigenvalue weighted by molar-refractivity contribution is -0.119. The van der Waals surface area contributed by atoms with Crippen molar-refractivity contribution in [3.8, 4) is 0 Å². The Kier molecular flexibility index (Phi) is 3.53. The van der Waals surface area contributed by atoms with E-state index < -0.39 is 0 Å². The molecule has 2 fully saturated rings. The van der Waals surface area contributed by atoms with E-state index in [9.17, 15) is 4.79 Å². The Balaban J connectivity index is 1.90. The Hall–Kier alpha value is -0.570. The Bertz CT molecular complexity index is 265. The molecule has 1 spiro atoms. The molecule has 3 nitrogen and oxygen atoms in total. The molecule has 2 aliphatic rings. The van der Waals surface area contributed by atoms with Crippen molar-refractivity contribution in [1.29, 1.82) is 0 Å². The third-order valence-electron chi connectivity index (χ3n) is 3.89. The molecule has 2 rings (SSSR count). The summed E-state index contributed by atoms with van der Waals surface area (Å²) in [5.74, 6) is 1.00. The minimum atomic E-state index is 0.156. The van der Waals surface area contributed by atoms with Gasteiger partial charge in [0.25, 0.3) is 0 Å². The summed E-state index contributed by atoms with van der Waals surface area (Å²) in [5.41, 5.74) is 0.156. The lowest BCUT2D eigenvalue weighted by Crippen LogP contribution is -2.42. The SMILES string of the molecule is CC(C)CN1CCC[C@]2(CCC(=O)N2)CC1. The third-order valence-corrected chi connectivity index (χ3v) is 3.89. The molecule has 0 bridgehead atoms. The van der Waals surface area contributed by atoms with E-state index in [2.05, 4.69) is 24.1 Å². The summed E-state index contributed by atoms with van der Waals surface area (Å²) in [6, 6.07) is 0. The molecule has 2 aliphatic heterocycles. The van der Waals surface area contributed by atoms with Gasteiger partial charge in [-0.05, 0) is 38.1 Å². The topological polar surface area (TPSA) is 32.3 Å². The molecule has 0 aromatic heterocycles. The average Bonchev–Trinajstić information content (AvgIpc) is 2.44. The van der Waals surface area contributed by atoms with Gasteiger partial charge in [0, 0.05) is 25.0 Å². The largest absolute Gasteiger partial charge is 0.351 e. The summed E-state index contributed by atoms with van der Waals surface area (Å²) in [6.07, 6.45) is 5.34. The summed E-state index contributed by atoms with van der Waals surface area (Å²) in [7, 11) is 0. The van der Waals surface area contributed by atoms with E-state index >= 15 is 0 Å². The predicted molar refractivity (Wildman–Crippen MR) is 65.2 cm³/mol. The molecule has 0 aromatic rings. The van der Waals surface area contributed by atoms with Crippen LogP contribution in [0.4, 0.5) is 0 Å². The molecule has 0 radical (unpaired) electrons. The first-order valence-corrected chi connectivity index (χ1v) is 6.63. The fourth-order valence-corrected chi connectivity index (χ4v) is 3.10. The smallest absolute Gasteiger partial charge is 0.220 e. The van der Waals surface area contributed by atoms with Crippen molar-refractivity contribution in [3.63, 3.8) is 0 Å². The van der Waals surface area contributed by atoms with E-state index in [1.54, 1.807) is 0 Å². The van der Waals surface area contributed by atoms with Crippen molar-refractivity contribution in [2.45, 2.75) is 51.5 Å². The highest BCUT2D eigenvalue weighted by Crippen LogP contribution is 2.31. The number of likely N-dealkylation sites (tertiary alicyclic amines) is 1. The summed E-state index contributed by atoms with van der Waals surface area (Å²) in [4.78, 5) is 13.9. The van der Waals surface area contributed by atoms with E-state index in [0.717, 1.165) is 31.7 Å². The zero-order chi connectivity index (χ0) is 11.6. The molecule has 92 valence electrons. The summed E-state index contributed by atoms with van der Waals surface area (Å²) >= 11 is 0. The summed E-state index contributed by atoms with van der Waals surface area (Å²) in [5, 5.41) is 3.22. The Morgan fingerprint density at radius 2 is 2.12 bits per heavy atom. The molecule has 0 saturated carbocycles. The number of hydrogen-bond acceptors (Lipinski definition) is 2. The van der Waals surface area contributed by atoms with Crippen molar-refractivity contribution in [3.05, 3.63) is 0 Å². The number of rotatable bonds is 2. The van der Waals surface area contributed by atoms with Crippen LogP contribution in [-0.2, 0) is 4.79 Å². The molecule has 2 heterocycles. The zero-order valence-corrected chi connectivity index (χ0v) is 10.6. The van der Waals surface area contributed by atoms with Gasteiger partial charge in [0.2, 0.25) is 5.91 Å². The zero-order valence-electron chi connectivity index (χ0n) is 10.6. The van der Waals surface area contributed by atoms with Gasteiger partial charge in [-0.3, -0.25) is 4.79 Å². The van der Waals surface area contributed by atoms with Gasteiger partial charge in [0.05, 0.1) is 0 Å². The second kappa shape index (κ2) is 4.74. The van der Waals surface area contributed by atoms with Crippen molar-refractivity contribution in [1.82, 2.24) is 10.2 Å². The summed E-state index contributed by atoms with van der Waals surface area (Å²) < 4.78 is 0. The van der Waals surface area contributed by atoms with Crippen LogP contribution in [0.2, 0.25) is 0 Å². The van der Waals surface area contributed by atoms with Crippen LogP contribution in [0.3, 0.4) is 0 Å². The maximum Gasteiger partial charge on any atom is 0.220 e. The van der Waals surface area contributed by atoms with Crippen LogP contribution < -0.4 is 5.32 Å². The normalized spacial score (nSPS) is 32.1. The lowest BCUT2D eigenvalue weighted by atomic mass is 9.89. The van der Waals surface area contributed by atoms with Gasteiger partial charge in [-0.1, -0.05) is 13.8 Å². The van der Waals surface area contributed by atoms with Crippen molar-refractivity contribution in [2.75, 3.05) is 19.6 Å². The molecule has 0 unspecified atom stereocenters. The Labute approximate surface area is 98.6 Å². The molecule has 1 N–H and O–H groups in total. The van der Waals surface area contributed by atoms with Crippen molar-refractivity contribution < 1.29 is 4.79 Å². The fraction of sp³-hybridized carbons (Fsp3) is 0.923. The van der Waals surface area contributed by atoms with Crippen molar-refractivity contribution >= 4 is 5.91 Å². The number of amides is 1. The highest BCUT2D eigenvalue weighted by atomic mass is 16.2. The highest BCUT2D eigenvalue weighted by molar-refractivity contribution is 5.79. The standard InChI is InChI=1S/C13H24N2O/c1-11(2)10-15-8-3-5-13(7-9-15)6-4-12(16)14-13/h11H,3-10H2,1-2H3,(H,14,16)/t13-/m0/s1. The Morgan fingerprint density at radius 1 is 1.31 bits per heavy atom. The first-order valence-electron chi connectivity index (χ1n) is 6.63. The maximum absolute atomic E-state index is 11.4. The Morgan fingerprint density at radius 3 is 2.75 bits per heavy atom. The van der Waals surface area contributed by atoms with Gasteiger partial charge < -0.3 is 10.2 Å². The predicted octanol–water partition coefficient (Wildman–Crippen LogP) is 1.78. The fourth-order valence-electron chi connectivity index (χ4n) is 3.10. The van der Waals surface area contributed by atoms with Crippen LogP contribution in [-0.4, -0.2) is 36.0 Å². The van der Waals surface area contributed by atoms with Gasteiger partial charge in [-0.15, -0.1) is 0 Å². The number of nitrogens with zero attached hydrogens (tertiary/aromatic N) is 1. The molecule has 16 heavy (non-hydrogen) atoms.